The van der Waals surface area contributed by atoms with Gasteiger partial charge in [0.15, 0.2) is 11.6 Å². The van der Waals surface area contributed by atoms with Crippen molar-refractivity contribution in [3.8, 4) is 17.1 Å². The Morgan fingerprint density at radius 3 is 2.45 bits per heavy atom. The fourth-order valence-electron chi connectivity index (χ4n) is 1.62. The minimum Gasteiger partial charge on any atom is -0.406 e. The third-order valence-electron chi connectivity index (χ3n) is 2.52. The van der Waals surface area contributed by atoms with Crippen LogP contribution in [-0.2, 0) is 0 Å². The van der Waals surface area contributed by atoms with Gasteiger partial charge in [-0.2, -0.15) is 0 Å². The fourth-order valence-corrected chi connectivity index (χ4v) is 1.62. The van der Waals surface area contributed by atoms with Crippen LogP contribution in [0.25, 0.3) is 11.4 Å². The molecule has 5 nitrogen and oxygen atoms in total. The summed E-state index contributed by atoms with van der Waals surface area (Å²) in [5, 5.41) is 0. The number of alkyl halides is 3. The predicted octanol–water partition coefficient (Wildman–Crippen LogP) is 2.52. The molecular formula is C12H11F3N4O. The van der Waals surface area contributed by atoms with Crippen LogP contribution in [0.4, 0.5) is 24.7 Å². The number of nitrogen functional groups attached to an aromatic ring is 2. The highest BCUT2D eigenvalue weighted by molar-refractivity contribution is 5.66. The molecule has 0 bridgehead atoms. The van der Waals surface area contributed by atoms with Gasteiger partial charge in [-0.05, 0) is 30.7 Å². The van der Waals surface area contributed by atoms with E-state index in [-0.39, 0.29) is 23.1 Å². The maximum Gasteiger partial charge on any atom is 0.573 e. The molecule has 1 aromatic carbocycles. The van der Waals surface area contributed by atoms with Crippen molar-refractivity contribution < 1.29 is 17.9 Å². The van der Waals surface area contributed by atoms with E-state index in [4.69, 9.17) is 11.5 Å². The summed E-state index contributed by atoms with van der Waals surface area (Å²) in [7, 11) is 0. The SMILES string of the molecule is Cc1cc(OC(F)(F)F)ccc1-c1ncc(N)c(N)n1. The van der Waals surface area contributed by atoms with Crippen molar-refractivity contribution in [2.75, 3.05) is 11.5 Å². The van der Waals surface area contributed by atoms with Crippen LogP contribution in [0.3, 0.4) is 0 Å². The molecular weight excluding hydrogens is 273 g/mol. The largest absolute Gasteiger partial charge is 0.573 e. The molecule has 0 aliphatic heterocycles. The van der Waals surface area contributed by atoms with E-state index in [0.717, 1.165) is 0 Å². The molecule has 0 atom stereocenters. The first-order chi connectivity index (χ1) is 9.26. The lowest BCUT2D eigenvalue weighted by Gasteiger charge is -2.11. The van der Waals surface area contributed by atoms with Crippen molar-refractivity contribution in [3.05, 3.63) is 30.0 Å². The second-order valence-corrected chi connectivity index (χ2v) is 4.06. The Morgan fingerprint density at radius 2 is 1.90 bits per heavy atom. The number of nitrogens with two attached hydrogens (primary N) is 2. The molecule has 0 spiro atoms. The van der Waals surface area contributed by atoms with Crippen molar-refractivity contribution >= 4 is 11.5 Å². The molecule has 0 saturated carbocycles. The Bertz CT molecular complexity index is 643. The minimum atomic E-state index is -4.73. The third-order valence-corrected chi connectivity index (χ3v) is 2.52. The van der Waals surface area contributed by atoms with Gasteiger partial charge in [-0.25, -0.2) is 9.97 Å². The number of aromatic nitrogens is 2. The number of hydrogen-bond acceptors (Lipinski definition) is 5. The van der Waals surface area contributed by atoms with Gasteiger partial charge in [-0.15, -0.1) is 13.2 Å². The summed E-state index contributed by atoms with van der Waals surface area (Å²) in [4.78, 5) is 7.98. The van der Waals surface area contributed by atoms with E-state index in [1.807, 2.05) is 0 Å². The standard InChI is InChI=1S/C12H11F3N4O/c1-6-4-7(20-12(13,14)15)2-3-8(6)11-18-5-9(16)10(17)19-11/h2-5H,16H2,1H3,(H2,17,18,19). The number of benzene rings is 1. The Hall–Kier alpha value is -2.51. The van der Waals surface area contributed by atoms with Crippen LogP contribution in [0.1, 0.15) is 5.56 Å². The molecule has 0 unspecified atom stereocenters. The second-order valence-electron chi connectivity index (χ2n) is 4.06. The molecule has 0 radical (unpaired) electrons. The number of halogens is 3. The van der Waals surface area contributed by atoms with Gasteiger partial charge in [0.05, 0.1) is 11.9 Å². The first kappa shape index (κ1) is 13.9. The minimum absolute atomic E-state index is 0.116. The maximum absolute atomic E-state index is 12.1. The Balaban J connectivity index is 2.36. The zero-order valence-electron chi connectivity index (χ0n) is 10.4. The highest BCUT2D eigenvalue weighted by Gasteiger charge is 2.31. The Kier molecular flexibility index (Phi) is 3.39. The van der Waals surface area contributed by atoms with E-state index in [2.05, 4.69) is 14.7 Å². The summed E-state index contributed by atoms with van der Waals surface area (Å²) in [5.41, 5.74) is 12.4. The van der Waals surface area contributed by atoms with Gasteiger partial charge in [-0.1, -0.05) is 0 Å². The van der Waals surface area contributed by atoms with Crippen LogP contribution in [0.5, 0.6) is 5.75 Å². The first-order valence-corrected chi connectivity index (χ1v) is 5.51. The number of aryl methyl sites for hydroxylation is 1. The monoisotopic (exact) mass is 284 g/mol. The van der Waals surface area contributed by atoms with Crippen molar-refractivity contribution in [3.63, 3.8) is 0 Å². The fraction of sp³-hybridized carbons (Fsp3) is 0.167. The van der Waals surface area contributed by atoms with Crippen molar-refractivity contribution in [1.82, 2.24) is 9.97 Å². The molecule has 1 heterocycles. The van der Waals surface area contributed by atoms with Crippen LogP contribution >= 0.6 is 0 Å². The summed E-state index contributed by atoms with van der Waals surface area (Å²) >= 11 is 0. The van der Waals surface area contributed by atoms with E-state index in [0.29, 0.717) is 11.1 Å². The van der Waals surface area contributed by atoms with E-state index in [9.17, 15) is 13.2 Å². The number of hydrogen-bond donors (Lipinski definition) is 2. The molecule has 2 rings (SSSR count). The van der Waals surface area contributed by atoms with Crippen LogP contribution in [0, 0.1) is 6.92 Å². The Morgan fingerprint density at radius 1 is 1.20 bits per heavy atom. The predicted molar refractivity (Wildman–Crippen MR) is 67.7 cm³/mol. The number of ether oxygens (including phenoxy) is 1. The van der Waals surface area contributed by atoms with Crippen LogP contribution < -0.4 is 16.2 Å². The highest BCUT2D eigenvalue weighted by atomic mass is 19.4. The number of anilines is 2. The summed E-state index contributed by atoms with van der Waals surface area (Å²) in [6.45, 7) is 1.62. The Labute approximate surface area is 112 Å². The molecule has 0 saturated heterocycles. The van der Waals surface area contributed by atoms with Gasteiger partial charge in [0.2, 0.25) is 0 Å². The molecule has 0 amide bonds. The highest BCUT2D eigenvalue weighted by Crippen LogP contribution is 2.28. The second kappa shape index (κ2) is 4.87. The number of nitrogens with zero attached hydrogens (tertiary/aromatic N) is 2. The lowest BCUT2D eigenvalue weighted by Crippen LogP contribution is -2.17. The lowest BCUT2D eigenvalue weighted by atomic mass is 10.1. The van der Waals surface area contributed by atoms with Gasteiger partial charge in [-0.3, -0.25) is 0 Å². The van der Waals surface area contributed by atoms with Gasteiger partial charge in [0.1, 0.15) is 5.75 Å². The van der Waals surface area contributed by atoms with Crippen molar-refractivity contribution in [2.24, 2.45) is 0 Å². The molecule has 0 aliphatic rings. The summed E-state index contributed by atoms with van der Waals surface area (Å²) < 4.78 is 40.2. The average molecular weight is 284 g/mol. The molecule has 106 valence electrons. The van der Waals surface area contributed by atoms with Crippen LogP contribution in [0.2, 0.25) is 0 Å². The zero-order valence-corrected chi connectivity index (χ0v) is 10.4. The topological polar surface area (TPSA) is 87.0 Å². The molecule has 8 heteroatoms. The van der Waals surface area contributed by atoms with Gasteiger partial charge in [0, 0.05) is 5.56 Å². The van der Waals surface area contributed by atoms with Gasteiger partial charge < -0.3 is 16.2 Å². The normalized spacial score (nSPS) is 11.4. The van der Waals surface area contributed by atoms with E-state index in [1.165, 1.54) is 24.4 Å². The first-order valence-electron chi connectivity index (χ1n) is 5.51. The van der Waals surface area contributed by atoms with Gasteiger partial charge >= 0.3 is 6.36 Å². The molecule has 1 aromatic heterocycles. The van der Waals surface area contributed by atoms with E-state index >= 15 is 0 Å². The lowest BCUT2D eigenvalue weighted by molar-refractivity contribution is -0.274. The van der Waals surface area contributed by atoms with Crippen LogP contribution in [-0.4, -0.2) is 16.3 Å². The van der Waals surface area contributed by atoms with Gasteiger partial charge in [0.25, 0.3) is 0 Å². The number of rotatable bonds is 2. The quantitative estimate of drug-likeness (QED) is 0.884. The molecule has 20 heavy (non-hydrogen) atoms. The maximum atomic E-state index is 12.1. The smallest absolute Gasteiger partial charge is 0.406 e. The van der Waals surface area contributed by atoms with Crippen LogP contribution in [0.15, 0.2) is 24.4 Å². The van der Waals surface area contributed by atoms with Crippen molar-refractivity contribution in [1.29, 1.82) is 0 Å². The summed E-state index contributed by atoms with van der Waals surface area (Å²) in [5.74, 6) is 0.0972. The summed E-state index contributed by atoms with van der Waals surface area (Å²) in [6, 6.07) is 3.87. The van der Waals surface area contributed by atoms with E-state index in [1.54, 1.807) is 6.92 Å². The average Bonchev–Trinajstić information content (AvgIpc) is 2.31. The molecule has 0 aliphatic carbocycles. The molecule has 2 aromatic rings. The van der Waals surface area contributed by atoms with E-state index < -0.39 is 6.36 Å². The summed E-state index contributed by atoms with van der Waals surface area (Å²) in [6.07, 6.45) is -3.38. The van der Waals surface area contributed by atoms with Crippen molar-refractivity contribution in [2.45, 2.75) is 13.3 Å². The molecule has 0 fully saturated rings. The third kappa shape index (κ3) is 3.08. The molecule has 4 N–H and O–H groups in total. The zero-order chi connectivity index (χ0) is 14.9.